The van der Waals surface area contributed by atoms with Gasteiger partial charge < -0.3 is 14.8 Å². The molecule has 3 aromatic rings. The van der Waals surface area contributed by atoms with Crippen molar-refractivity contribution in [3.8, 4) is 11.8 Å². The van der Waals surface area contributed by atoms with Gasteiger partial charge in [-0.05, 0) is 12.5 Å². The van der Waals surface area contributed by atoms with Crippen molar-refractivity contribution in [1.29, 1.82) is 5.26 Å². The number of hydrogen-bond donors (Lipinski definition) is 1. The van der Waals surface area contributed by atoms with Crippen LogP contribution in [-0.4, -0.2) is 49.8 Å². The number of aromatic nitrogens is 1. The number of pyridine rings is 1. The highest BCUT2D eigenvalue weighted by molar-refractivity contribution is 6.37. The number of rotatable bonds is 7. The van der Waals surface area contributed by atoms with E-state index in [1.165, 1.54) is 0 Å². The summed E-state index contributed by atoms with van der Waals surface area (Å²) in [4.78, 5) is 6.98. The molecule has 0 unspecified atom stereocenters. The number of para-hydroxylation sites is 1. The number of nitrogens with zero attached hydrogens (tertiary/aromatic N) is 3. The van der Waals surface area contributed by atoms with Crippen LogP contribution in [0, 0.1) is 11.3 Å². The van der Waals surface area contributed by atoms with Gasteiger partial charge in [0, 0.05) is 42.8 Å². The summed E-state index contributed by atoms with van der Waals surface area (Å²) in [6.07, 6.45) is 6.77. The number of anilines is 2. The Balaban J connectivity index is 1.63. The molecule has 4 rings (SSSR count). The van der Waals surface area contributed by atoms with Crippen molar-refractivity contribution in [3.63, 3.8) is 0 Å². The average Bonchev–Trinajstić information content (AvgIpc) is 2.84. The first-order chi connectivity index (χ1) is 16.1. The highest BCUT2D eigenvalue weighted by Crippen LogP contribution is 2.38. The van der Waals surface area contributed by atoms with Crippen LogP contribution in [0.4, 0.5) is 11.4 Å². The van der Waals surface area contributed by atoms with Gasteiger partial charge in [0.2, 0.25) is 0 Å². The summed E-state index contributed by atoms with van der Waals surface area (Å²) in [5.41, 5.74) is 3.44. The van der Waals surface area contributed by atoms with Crippen LogP contribution in [0.25, 0.3) is 17.0 Å². The number of fused-ring (bicyclic) bond motifs is 1. The standard InChI is InChI=1S/C25H24Cl2N4O2/c1-32-23-14-22(20(26)13-21(23)27)30-25-18(15-28)16-29-24-17(6-4-7-19(24)25)5-2-3-8-31-9-11-33-12-10-31/h2,4-7,13-14,16H,3,8-12H2,1H3,(H,29,30)/b5-2+. The molecule has 0 amide bonds. The second kappa shape index (κ2) is 10.9. The van der Waals surface area contributed by atoms with Crippen LogP contribution in [0.1, 0.15) is 17.5 Å². The van der Waals surface area contributed by atoms with Crippen molar-refractivity contribution < 1.29 is 9.47 Å². The molecule has 0 aliphatic carbocycles. The zero-order valence-corrected chi connectivity index (χ0v) is 19.8. The molecule has 1 N–H and O–H groups in total. The maximum atomic E-state index is 9.70. The summed E-state index contributed by atoms with van der Waals surface area (Å²) in [6, 6.07) is 11.5. The molecule has 0 radical (unpaired) electrons. The Morgan fingerprint density at radius 2 is 2.06 bits per heavy atom. The van der Waals surface area contributed by atoms with E-state index in [1.54, 1.807) is 25.4 Å². The molecule has 33 heavy (non-hydrogen) atoms. The van der Waals surface area contributed by atoms with E-state index in [0.717, 1.165) is 55.7 Å². The number of nitriles is 1. The number of methoxy groups -OCH3 is 1. The fraction of sp³-hybridized carbons (Fsp3) is 0.280. The van der Waals surface area contributed by atoms with Crippen molar-refractivity contribution in [3.05, 3.63) is 63.8 Å². The fourth-order valence-electron chi connectivity index (χ4n) is 3.81. The molecular weight excluding hydrogens is 459 g/mol. The van der Waals surface area contributed by atoms with Gasteiger partial charge in [0.15, 0.2) is 0 Å². The van der Waals surface area contributed by atoms with Crippen molar-refractivity contribution in [2.45, 2.75) is 6.42 Å². The number of ether oxygens (including phenoxy) is 2. The number of nitrogens with one attached hydrogen (secondary N) is 1. The first-order valence-electron chi connectivity index (χ1n) is 10.7. The SMILES string of the molecule is COc1cc(Nc2c(C#N)cnc3c(/C=C/CCN4CCOCC4)cccc23)c(Cl)cc1Cl. The topological polar surface area (TPSA) is 70.4 Å². The van der Waals surface area contributed by atoms with Crippen LogP contribution in [0.3, 0.4) is 0 Å². The van der Waals surface area contributed by atoms with Crippen LogP contribution in [0.15, 0.2) is 42.6 Å². The molecule has 8 heteroatoms. The summed E-state index contributed by atoms with van der Waals surface area (Å²) in [5, 5.41) is 14.7. The van der Waals surface area contributed by atoms with E-state index < -0.39 is 0 Å². The van der Waals surface area contributed by atoms with Crippen LogP contribution in [0.2, 0.25) is 10.0 Å². The van der Waals surface area contributed by atoms with Gasteiger partial charge in [-0.2, -0.15) is 5.26 Å². The molecular formula is C25H24Cl2N4O2. The van der Waals surface area contributed by atoms with Crippen LogP contribution >= 0.6 is 23.2 Å². The normalized spacial score (nSPS) is 14.5. The minimum Gasteiger partial charge on any atom is -0.495 e. The van der Waals surface area contributed by atoms with Crippen molar-refractivity contribution in [2.24, 2.45) is 0 Å². The minimum atomic E-state index is 0.414. The molecule has 1 saturated heterocycles. The van der Waals surface area contributed by atoms with Gasteiger partial charge in [-0.1, -0.05) is 53.6 Å². The van der Waals surface area contributed by atoms with Gasteiger partial charge in [0.05, 0.1) is 52.8 Å². The molecule has 1 aromatic heterocycles. The van der Waals surface area contributed by atoms with E-state index in [-0.39, 0.29) is 0 Å². The summed E-state index contributed by atoms with van der Waals surface area (Å²) in [7, 11) is 1.54. The molecule has 2 aromatic carbocycles. The third kappa shape index (κ3) is 5.40. The van der Waals surface area contributed by atoms with E-state index in [9.17, 15) is 5.26 Å². The van der Waals surface area contributed by atoms with Gasteiger partial charge in [-0.3, -0.25) is 9.88 Å². The molecule has 0 atom stereocenters. The third-order valence-electron chi connectivity index (χ3n) is 5.56. The molecule has 1 fully saturated rings. The third-order valence-corrected chi connectivity index (χ3v) is 6.17. The summed E-state index contributed by atoms with van der Waals surface area (Å²) >= 11 is 12.6. The van der Waals surface area contributed by atoms with Gasteiger partial charge >= 0.3 is 0 Å². The molecule has 0 bridgehead atoms. The molecule has 0 saturated carbocycles. The molecule has 2 heterocycles. The van der Waals surface area contributed by atoms with Crippen molar-refractivity contribution in [2.75, 3.05) is 45.3 Å². The highest BCUT2D eigenvalue weighted by atomic mass is 35.5. The van der Waals surface area contributed by atoms with Crippen LogP contribution < -0.4 is 10.1 Å². The predicted octanol–water partition coefficient (Wildman–Crippen LogP) is 5.90. The van der Waals surface area contributed by atoms with E-state index in [0.29, 0.717) is 32.7 Å². The molecule has 1 aliphatic rings. The van der Waals surface area contributed by atoms with Crippen LogP contribution in [-0.2, 0) is 4.74 Å². The maximum Gasteiger partial charge on any atom is 0.139 e. The first kappa shape index (κ1) is 23.3. The lowest BCUT2D eigenvalue weighted by Gasteiger charge is -2.25. The maximum absolute atomic E-state index is 9.70. The number of halogens is 2. The summed E-state index contributed by atoms with van der Waals surface area (Å²) < 4.78 is 10.7. The number of benzene rings is 2. The lowest BCUT2D eigenvalue weighted by atomic mass is 10.0. The lowest BCUT2D eigenvalue weighted by molar-refractivity contribution is 0.0387. The predicted molar refractivity (Wildman–Crippen MR) is 134 cm³/mol. The van der Waals surface area contributed by atoms with Crippen LogP contribution in [0.5, 0.6) is 5.75 Å². The largest absolute Gasteiger partial charge is 0.495 e. The van der Waals surface area contributed by atoms with E-state index in [4.69, 9.17) is 32.7 Å². The Morgan fingerprint density at radius 1 is 1.24 bits per heavy atom. The fourth-order valence-corrected chi connectivity index (χ4v) is 4.32. The zero-order valence-electron chi connectivity index (χ0n) is 18.3. The van der Waals surface area contributed by atoms with Gasteiger partial charge in [0.25, 0.3) is 0 Å². The first-order valence-corrected chi connectivity index (χ1v) is 11.4. The van der Waals surface area contributed by atoms with E-state index >= 15 is 0 Å². The zero-order chi connectivity index (χ0) is 23.2. The molecule has 0 spiro atoms. The Morgan fingerprint density at radius 3 is 2.82 bits per heavy atom. The Labute approximate surface area is 203 Å². The molecule has 170 valence electrons. The number of morpholine rings is 1. The highest BCUT2D eigenvalue weighted by Gasteiger charge is 2.15. The van der Waals surface area contributed by atoms with Crippen molar-refractivity contribution >= 4 is 51.6 Å². The lowest BCUT2D eigenvalue weighted by Crippen LogP contribution is -2.36. The van der Waals surface area contributed by atoms with Gasteiger partial charge in [-0.15, -0.1) is 0 Å². The summed E-state index contributed by atoms with van der Waals surface area (Å²) in [5.74, 6) is 0.490. The molecule has 6 nitrogen and oxygen atoms in total. The quantitative estimate of drug-likeness (QED) is 0.451. The van der Waals surface area contributed by atoms with Gasteiger partial charge in [0.1, 0.15) is 11.8 Å². The summed E-state index contributed by atoms with van der Waals surface area (Å²) in [6.45, 7) is 4.57. The van der Waals surface area contributed by atoms with E-state index in [2.05, 4.69) is 33.4 Å². The monoisotopic (exact) mass is 482 g/mol. The second-order valence-corrected chi connectivity index (χ2v) is 8.45. The van der Waals surface area contributed by atoms with E-state index in [1.807, 2.05) is 18.2 Å². The molecule has 1 aliphatic heterocycles. The minimum absolute atomic E-state index is 0.414. The number of hydrogen-bond acceptors (Lipinski definition) is 6. The Bertz CT molecular complexity index is 1220. The smallest absolute Gasteiger partial charge is 0.139 e. The Hall–Kier alpha value is -2.82. The Kier molecular flexibility index (Phi) is 7.69. The average molecular weight is 483 g/mol. The van der Waals surface area contributed by atoms with Gasteiger partial charge in [-0.25, -0.2) is 0 Å². The van der Waals surface area contributed by atoms with Crippen molar-refractivity contribution in [1.82, 2.24) is 9.88 Å². The second-order valence-electron chi connectivity index (χ2n) is 7.64.